The molecule has 2 heterocycles. The number of hydrogen-bond donors (Lipinski definition) is 2. The zero-order chi connectivity index (χ0) is 20.7. The highest BCUT2D eigenvalue weighted by molar-refractivity contribution is 6.32. The number of ether oxygens (including phenoxy) is 2. The van der Waals surface area contributed by atoms with Crippen molar-refractivity contribution in [2.75, 3.05) is 12.4 Å². The molecule has 3 aromatic rings. The molecule has 2 N–H and O–H groups in total. The number of alkyl halides is 6. The Kier molecular flexibility index (Phi) is 4.87. The standard InChI is InChI=1S/C14H8ClF6N5O2/c1-27-11-10(23-8-9(24-11)26-12(25-8)13(16,17)18)22-5-2-3-7(6(15)4-5)28-14(19,20)21/h2-4H,1H3,(H2,22,23,24,25,26). The van der Waals surface area contributed by atoms with E-state index in [4.69, 9.17) is 16.3 Å². The van der Waals surface area contributed by atoms with Crippen molar-refractivity contribution < 1.29 is 35.8 Å². The van der Waals surface area contributed by atoms with E-state index in [1.165, 1.54) is 13.2 Å². The maximum absolute atomic E-state index is 12.8. The molecule has 0 aliphatic heterocycles. The minimum absolute atomic E-state index is 0.129. The Bertz CT molecular complexity index is 1020. The van der Waals surface area contributed by atoms with Crippen molar-refractivity contribution in [2.45, 2.75) is 12.5 Å². The van der Waals surface area contributed by atoms with Crippen LogP contribution in [-0.2, 0) is 6.18 Å². The van der Waals surface area contributed by atoms with Crippen molar-refractivity contribution in [3.8, 4) is 11.6 Å². The van der Waals surface area contributed by atoms with E-state index in [2.05, 4.69) is 25.0 Å². The molecule has 0 aliphatic rings. The molecule has 0 aliphatic carbocycles. The van der Waals surface area contributed by atoms with Gasteiger partial charge in [0, 0.05) is 5.69 Å². The summed E-state index contributed by atoms with van der Waals surface area (Å²) in [6, 6.07) is 3.23. The van der Waals surface area contributed by atoms with Gasteiger partial charge in [0.2, 0.25) is 5.82 Å². The fourth-order valence-electron chi connectivity index (χ4n) is 2.10. The van der Waals surface area contributed by atoms with Gasteiger partial charge in [-0.25, -0.2) is 9.97 Å². The average molecular weight is 428 g/mol. The first-order valence-electron chi connectivity index (χ1n) is 7.17. The van der Waals surface area contributed by atoms with Crippen LogP contribution >= 0.6 is 11.6 Å². The van der Waals surface area contributed by atoms with E-state index in [-0.39, 0.29) is 33.7 Å². The van der Waals surface area contributed by atoms with Crippen LogP contribution in [0, 0.1) is 0 Å². The minimum atomic E-state index is -4.92. The molecule has 0 saturated carbocycles. The van der Waals surface area contributed by atoms with E-state index >= 15 is 0 Å². The summed E-state index contributed by atoms with van der Waals surface area (Å²) in [4.78, 5) is 13.0. The normalized spacial score (nSPS) is 12.3. The lowest BCUT2D eigenvalue weighted by atomic mass is 10.3. The second kappa shape index (κ2) is 6.89. The first-order valence-corrected chi connectivity index (χ1v) is 7.55. The van der Waals surface area contributed by atoms with Crippen LogP contribution in [0.3, 0.4) is 0 Å². The van der Waals surface area contributed by atoms with Gasteiger partial charge in [0.15, 0.2) is 17.1 Å². The molecule has 0 atom stereocenters. The van der Waals surface area contributed by atoms with Crippen LogP contribution in [0.5, 0.6) is 11.6 Å². The number of aromatic amines is 1. The molecule has 0 radical (unpaired) electrons. The average Bonchev–Trinajstić information content (AvgIpc) is 2.98. The molecular formula is C14H8ClF6N5O2. The van der Waals surface area contributed by atoms with E-state index in [0.717, 1.165) is 12.1 Å². The third-order valence-corrected chi connectivity index (χ3v) is 3.48. The molecule has 14 heteroatoms. The monoisotopic (exact) mass is 427 g/mol. The zero-order valence-electron chi connectivity index (χ0n) is 13.5. The van der Waals surface area contributed by atoms with E-state index < -0.39 is 24.1 Å². The minimum Gasteiger partial charge on any atom is -0.478 e. The fraction of sp³-hybridized carbons (Fsp3) is 0.214. The number of nitrogens with one attached hydrogen (secondary N) is 2. The molecule has 28 heavy (non-hydrogen) atoms. The molecule has 1 aromatic carbocycles. The Morgan fingerprint density at radius 2 is 1.79 bits per heavy atom. The van der Waals surface area contributed by atoms with Crippen LogP contribution < -0.4 is 14.8 Å². The molecule has 0 unspecified atom stereocenters. The molecule has 0 saturated heterocycles. The van der Waals surface area contributed by atoms with Crippen molar-refractivity contribution in [2.24, 2.45) is 0 Å². The summed E-state index contributed by atoms with van der Waals surface area (Å²) in [6.07, 6.45) is -9.65. The van der Waals surface area contributed by atoms with Gasteiger partial charge in [0.1, 0.15) is 5.75 Å². The number of methoxy groups -OCH3 is 1. The summed E-state index contributed by atoms with van der Waals surface area (Å²) in [5.74, 6) is -2.24. The van der Waals surface area contributed by atoms with Crippen molar-refractivity contribution in [3.63, 3.8) is 0 Å². The number of fused-ring (bicyclic) bond motifs is 1. The summed E-state index contributed by atoms with van der Waals surface area (Å²) in [6.45, 7) is 0. The van der Waals surface area contributed by atoms with E-state index in [1.807, 2.05) is 4.98 Å². The van der Waals surface area contributed by atoms with Gasteiger partial charge >= 0.3 is 12.5 Å². The predicted molar refractivity (Wildman–Crippen MR) is 84.7 cm³/mol. The third-order valence-electron chi connectivity index (χ3n) is 3.18. The number of nitrogens with zero attached hydrogens (tertiary/aromatic N) is 3. The highest BCUT2D eigenvalue weighted by Crippen LogP contribution is 2.34. The Balaban J connectivity index is 1.94. The predicted octanol–water partition coefficient (Wildman–Crippen LogP) is 4.68. The highest BCUT2D eigenvalue weighted by atomic mass is 35.5. The van der Waals surface area contributed by atoms with Crippen molar-refractivity contribution in [3.05, 3.63) is 29.0 Å². The third kappa shape index (κ3) is 4.30. The van der Waals surface area contributed by atoms with Crippen LogP contribution in [0.25, 0.3) is 11.3 Å². The van der Waals surface area contributed by atoms with Crippen molar-refractivity contribution in [1.82, 2.24) is 19.9 Å². The highest BCUT2D eigenvalue weighted by Gasteiger charge is 2.35. The second-order valence-electron chi connectivity index (χ2n) is 5.15. The van der Waals surface area contributed by atoms with Gasteiger partial charge in [0.05, 0.1) is 12.1 Å². The van der Waals surface area contributed by atoms with Crippen LogP contribution in [-0.4, -0.2) is 33.4 Å². The van der Waals surface area contributed by atoms with Crippen molar-refractivity contribution in [1.29, 1.82) is 0 Å². The molecule has 0 fully saturated rings. The Morgan fingerprint density at radius 1 is 1.07 bits per heavy atom. The number of imidazole rings is 1. The number of hydrogen-bond acceptors (Lipinski definition) is 6. The molecule has 150 valence electrons. The Hall–Kier alpha value is -2.96. The van der Waals surface area contributed by atoms with Crippen LogP contribution in [0.1, 0.15) is 5.82 Å². The van der Waals surface area contributed by atoms with E-state index in [1.54, 1.807) is 0 Å². The number of aromatic nitrogens is 4. The molecule has 3 rings (SSSR count). The van der Waals surface area contributed by atoms with Gasteiger partial charge in [-0.1, -0.05) is 11.6 Å². The summed E-state index contributed by atoms with van der Waals surface area (Å²) in [7, 11) is 1.20. The molecule has 7 nitrogen and oxygen atoms in total. The number of benzene rings is 1. The van der Waals surface area contributed by atoms with Gasteiger partial charge in [-0.15, -0.1) is 13.2 Å². The van der Waals surface area contributed by atoms with Crippen LogP contribution in [0.4, 0.5) is 37.8 Å². The molecular weight excluding hydrogens is 420 g/mol. The van der Waals surface area contributed by atoms with E-state index in [0.29, 0.717) is 0 Å². The topological polar surface area (TPSA) is 85.0 Å². The summed E-state index contributed by atoms with van der Waals surface area (Å²) in [5.41, 5.74) is -0.460. The largest absolute Gasteiger partial charge is 0.573 e. The molecule has 0 bridgehead atoms. The first kappa shape index (κ1) is 19.8. The lowest BCUT2D eigenvalue weighted by Crippen LogP contribution is -2.17. The van der Waals surface area contributed by atoms with E-state index in [9.17, 15) is 26.3 Å². The van der Waals surface area contributed by atoms with Gasteiger partial charge in [-0.05, 0) is 18.2 Å². The summed E-state index contributed by atoms with van der Waals surface area (Å²) >= 11 is 5.75. The summed E-state index contributed by atoms with van der Waals surface area (Å²) < 4.78 is 83.8. The maximum Gasteiger partial charge on any atom is 0.573 e. The van der Waals surface area contributed by atoms with Gasteiger partial charge in [-0.2, -0.15) is 18.2 Å². The Morgan fingerprint density at radius 3 is 2.36 bits per heavy atom. The Labute approximate surface area is 156 Å². The van der Waals surface area contributed by atoms with Crippen LogP contribution in [0.2, 0.25) is 5.02 Å². The molecule has 0 amide bonds. The maximum atomic E-state index is 12.8. The molecule has 0 spiro atoms. The first-order chi connectivity index (χ1) is 13.0. The lowest BCUT2D eigenvalue weighted by Gasteiger charge is -2.13. The molecule has 2 aromatic heterocycles. The van der Waals surface area contributed by atoms with Gasteiger partial charge < -0.3 is 19.8 Å². The fourth-order valence-corrected chi connectivity index (χ4v) is 2.32. The van der Waals surface area contributed by atoms with Crippen LogP contribution in [0.15, 0.2) is 18.2 Å². The number of rotatable bonds is 4. The second-order valence-corrected chi connectivity index (χ2v) is 5.56. The quantitative estimate of drug-likeness (QED) is 0.588. The number of halogens is 7. The SMILES string of the molecule is COc1nc2[nH]c(C(F)(F)F)nc2nc1Nc1ccc(OC(F)(F)F)c(Cl)c1. The number of H-pyrrole nitrogens is 1. The number of anilines is 2. The van der Waals surface area contributed by atoms with Gasteiger partial charge in [-0.3, -0.25) is 0 Å². The smallest absolute Gasteiger partial charge is 0.478 e. The summed E-state index contributed by atoms with van der Waals surface area (Å²) in [5, 5.41) is 2.27. The van der Waals surface area contributed by atoms with Crippen molar-refractivity contribution >= 4 is 34.4 Å². The lowest BCUT2D eigenvalue weighted by molar-refractivity contribution is -0.274. The van der Waals surface area contributed by atoms with Gasteiger partial charge in [0.25, 0.3) is 5.88 Å². The zero-order valence-corrected chi connectivity index (χ0v) is 14.3.